The van der Waals surface area contributed by atoms with Crippen LogP contribution >= 0.6 is 0 Å². The zero-order valence-corrected chi connectivity index (χ0v) is 14.4. The van der Waals surface area contributed by atoms with E-state index in [4.69, 9.17) is 8.54 Å². The van der Waals surface area contributed by atoms with Crippen LogP contribution in [-0.2, 0) is 8.54 Å². The third-order valence-corrected chi connectivity index (χ3v) is 10.7. The van der Waals surface area contributed by atoms with E-state index in [9.17, 15) is 4.80 Å². The van der Waals surface area contributed by atoms with Gasteiger partial charge in [-0.1, -0.05) is 46.0 Å². The van der Waals surface area contributed by atoms with Gasteiger partial charge in [0.1, 0.15) is 0 Å². The van der Waals surface area contributed by atoms with Crippen LogP contribution in [0.4, 0.5) is 0 Å². The van der Waals surface area contributed by atoms with E-state index in [0.29, 0.717) is 6.61 Å². The van der Waals surface area contributed by atoms with Gasteiger partial charge >= 0.3 is 17.1 Å². The first-order valence-electron chi connectivity index (χ1n) is 6.61. The molecule has 0 aliphatic rings. The molecular weight excluding hydrogens is 260 g/mol. The van der Waals surface area contributed by atoms with E-state index < -0.39 is 17.1 Å². The topological polar surface area (TPSA) is 38.7 Å². The fraction of sp³-hybridized carbons (Fsp3) is 0.692. The smallest absolute Gasteiger partial charge is 0.358 e. The Morgan fingerprint density at radius 1 is 1.11 bits per heavy atom. The Bertz CT molecular complexity index is 281. The van der Waals surface area contributed by atoms with Gasteiger partial charge in [-0.3, -0.25) is 0 Å². The SMILES string of the molecule is C=C[Si](O)(O[Si](C=C)(OCCC)C(C)C)C(C)C. The highest BCUT2D eigenvalue weighted by molar-refractivity contribution is 6.86. The maximum atomic E-state index is 10.6. The van der Waals surface area contributed by atoms with E-state index in [1.54, 1.807) is 11.4 Å². The van der Waals surface area contributed by atoms with Gasteiger partial charge in [0.2, 0.25) is 0 Å². The van der Waals surface area contributed by atoms with Gasteiger partial charge in [-0.05, 0) is 6.42 Å². The predicted molar refractivity (Wildman–Crippen MR) is 81.6 cm³/mol. The van der Waals surface area contributed by atoms with Gasteiger partial charge in [0.05, 0.1) is 0 Å². The molecule has 18 heavy (non-hydrogen) atoms. The van der Waals surface area contributed by atoms with Crippen LogP contribution in [0, 0.1) is 0 Å². The van der Waals surface area contributed by atoms with Crippen molar-refractivity contribution < 1.29 is 13.3 Å². The first-order valence-corrected chi connectivity index (χ1v) is 10.6. The average Bonchev–Trinajstić information content (AvgIpc) is 2.33. The fourth-order valence-corrected chi connectivity index (χ4v) is 8.31. The summed E-state index contributed by atoms with van der Waals surface area (Å²) in [4.78, 5) is 10.6. The average molecular weight is 289 g/mol. The summed E-state index contributed by atoms with van der Waals surface area (Å²) < 4.78 is 12.1. The molecule has 0 fully saturated rings. The van der Waals surface area contributed by atoms with Crippen molar-refractivity contribution in [3.8, 4) is 0 Å². The monoisotopic (exact) mass is 288 g/mol. The van der Waals surface area contributed by atoms with Gasteiger partial charge in [0, 0.05) is 17.7 Å². The Balaban J connectivity index is 5.20. The number of hydrogen-bond donors (Lipinski definition) is 1. The second kappa shape index (κ2) is 7.40. The van der Waals surface area contributed by atoms with E-state index in [2.05, 4.69) is 33.9 Å². The van der Waals surface area contributed by atoms with Crippen LogP contribution < -0.4 is 0 Å². The maximum absolute atomic E-state index is 10.6. The lowest BCUT2D eigenvalue weighted by Gasteiger charge is -2.38. The minimum Gasteiger partial charge on any atom is -0.408 e. The second-order valence-corrected chi connectivity index (χ2v) is 12.3. The van der Waals surface area contributed by atoms with Crippen LogP contribution in [-0.4, -0.2) is 28.5 Å². The zero-order valence-electron chi connectivity index (χ0n) is 12.4. The van der Waals surface area contributed by atoms with Crippen molar-refractivity contribution >= 4 is 17.1 Å². The van der Waals surface area contributed by atoms with Gasteiger partial charge in [-0.25, -0.2) is 0 Å². The van der Waals surface area contributed by atoms with Gasteiger partial charge < -0.3 is 13.3 Å². The van der Waals surface area contributed by atoms with Crippen molar-refractivity contribution in [3.05, 3.63) is 24.6 Å². The highest BCUT2D eigenvalue weighted by Gasteiger charge is 2.48. The van der Waals surface area contributed by atoms with Crippen molar-refractivity contribution in [1.29, 1.82) is 0 Å². The van der Waals surface area contributed by atoms with Crippen LogP contribution in [0.3, 0.4) is 0 Å². The molecule has 0 aliphatic heterocycles. The van der Waals surface area contributed by atoms with E-state index >= 15 is 0 Å². The summed E-state index contributed by atoms with van der Waals surface area (Å²) in [6.45, 7) is 18.3. The Morgan fingerprint density at radius 3 is 1.94 bits per heavy atom. The van der Waals surface area contributed by atoms with E-state index in [0.717, 1.165) is 6.42 Å². The van der Waals surface area contributed by atoms with Gasteiger partial charge in [0.15, 0.2) is 0 Å². The Labute approximate surface area is 114 Å². The van der Waals surface area contributed by atoms with Gasteiger partial charge in [-0.15, -0.1) is 13.2 Å². The standard InChI is InChI=1S/C13H28O3Si2/c1-8-11-15-18(10-3,13(6)7)16-17(14,9-2)12(4)5/h9-10,12-14H,2-3,8,11H2,1,4-7H3. The molecule has 3 nitrogen and oxygen atoms in total. The third kappa shape index (κ3) is 4.17. The molecule has 0 spiro atoms. The van der Waals surface area contributed by atoms with E-state index in [-0.39, 0.29) is 11.1 Å². The normalized spacial score (nSPS) is 18.4. The summed E-state index contributed by atoms with van der Waals surface area (Å²) >= 11 is 0. The lowest BCUT2D eigenvalue weighted by molar-refractivity contribution is 0.217. The molecule has 1 N–H and O–H groups in total. The molecule has 106 valence electrons. The van der Waals surface area contributed by atoms with Crippen LogP contribution in [0.2, 0.25) is 11.1 Å². The third-order valence-electron chi connectivity index (χ3n) is 3.06. The van der Waals surface area contributed by atoms with Crippen molar-refractivity contribution in [2.24, 2.45) is 0 Å². The lowest BCUT2D eigenvalue weighted by atomic mass is 10.5. The minimum absolute atomic E-state index is 0.0470. The van der Waals surface area contributed by atoms with Gasteiger partial charge in [0.25, 0.3) is 0 Å². The Kier molecular flexibility index (Phi) is 7.31. The number of rotatable bonds is 9. The molecule has 0 heterocycles. The highest BCUT2D eigenvalue weighted by atomic mass is 28.5. The summed E-state index contributed by atoms with van der Waals surface area (Å²) in [5.41, 5.74) is 3.63. The largest absolute Gasteiger partial charge is 0.408 e. The highest BCUT2D eigenvalue weighted by Crippen LogP contribution is 2.32. The van der Waals surface area contributed by atoms with Crippen LogP contribution in [0.25, 0.3) is 0 Å². The van der Waals surface area contributed by atoms with Crippen LogP contribution in [0.15, 0.2) is 24.6 Å². The molecule has 2 atom stereocenters. The molecule has 0 radical (unpaired) electrons. The first-order chi connectivity index (χ1) is 8.28. The lowest BCUT2D eigenvalue weighted by Crippen LogP contribution is -2.55. The molecule has 0 amide bonds. The molecule has 0 aromatic carbocycles. The van der Waals surface area contributed by atoms with Crippen molar-refractivity contribution in [2.45, 2.75) is 52.1 Å². The molecule has 0 aromatic heterocycles. The van der Waals surface area contributed by atoms with Crippen LogP contribution in [0.5, 0.6) is 0 Å². The summed E-state index contributed by atoms with van der Waals surface area (Å²) in [7, 11) is -5.52. The predicted octanol–water partition coefficient (Wildman–Crippen LogP) is 3.58. The summed E-state index contributed by atoms with van der Waals surface area (Å²) in [6, 6.07) is 0. The maximum Gasteiger partial charge on any atom is 0.358 e. The van der Waals surface area contributed by atoms with Gasteiger partial charge in [-0.2, -0.15) is 0 Å². The van der Waals surface area contributed by atoms with E-state index in [1.165, 1.54) is 0 Å². The first kappa shape index (κ1) is 17.8. The Morgan fingerprint density at radius 2 is 1.67 bits per heavy atom. The van der Waals surface area contributed by atoms with Crippen molar-refractivity contribution in [1.82, 2.24) is 0 Å². The van der Waals surface area contributed by atoms with Crippen LogP contribution in [0.1, 0.15) is 41.0 Å². The zero-order chi connectivity index (χ0) is 14.4. The molecule has 0 saturated carbocycles. The Hall–Kier alpha value is -0.206. The number of hydrogen-bond acceptors (Lipinski definition) is 3. The fourth-order valence-electron chi connectivity index (χ4n) is 1.56. The second-order valence-electron chi connectivity index (χ2n) is 5.14. The molecule has 5 heteroatoms. The molecule has 2 unspecified atom stereocenters. The molecular formula is C13H28O3Si2. The molecule has 0 aromatic rings. The van der Waals surface area contributed by atoms with Crippen molar-refractivity contribution in [3.63, 3.8) is 0 Å². The molecule has 0 saturated heterocycles. The molecule has 0 rings (SSSR count). The molecule has 0 aliphatic carbocycles. The van der Waals surface area contributed by atoms with E-state index in [1.807, 2.05) is 13.8 Å². The summed E-state index contributed by atoms with van der Waals surface area (Å²) in [6.07, 6.45) is 0.925. The summed E-state index contributed by atoms with van der Waals surface area (Å²) in [5, 5.41) is 0. The van der Waals surface area contributed by atoms with Crippen molar-refractivity contribution in [2.75, 3.05) is 6.61 Å². The minimum atomic E-state index is -2.94. The molecule has 0 bridgehead atoms. The summed E-state index contributed by atoms with van der Waals surface area (Å²) in [5.74, 6) is 0. The quantitative estimate of drug-likeness (QED) is 0.659.